The molecule has 0 amide bonds. The minimum Gasteiger partial charge on any atom is -0.396 e. The second-order valence-electron chi connectivity index (χ2n) is 6.77. The summed E-state index contributed by atoms with van der Waals surface area (Å²) < 4.78 is 10.7. The van der Waals surface area contributed by atoms with Crippen molar-refractivity contribution in [1.82, 2.24) is 0 Å². The lowest BCUT2D eigenvalue weighted by atomic mass is 10.0. The maximum Gasteiger partial charge on any atom is 0.325 e. The first-order valence-corrected chi connectivity index (χ1v) is 11.5. The molecule has 5 heteroatoms. The van der Waals surface area contributed by atoms with Crippen LogP contribution in [0.1, 0.15) is 103 Å². The minimum absolute atomic E-state index is 0.0500. The van der Waals surface area contributed by atoms with Crippen molar-refractivity contribution in [3.63, 3.8) is 0 Å². The molecule has 23 heavy (non-hydrogen) atoms. The van der Waals surface area contributed by atoms with Crippen molar-refractivity contribution in [2.24, 2.45) is 0 Å². The SMILES string of the molecule is O=P(O)(O)CCCCCCCCCCCCCCCCCCO. The van der Waals surface area contributed by atoms with Crippen LogP contribution in [0.25, 0.3) is 0 Å². The average molecular weight is 350 g/mol. The highest BCUT2D eigenvalue weighted by Crippen LogP contribution is 2.35. The first-order valence-electron chi connectivity index (χ1n) is 9.72. The largest absolute Gasteiger partial charge is 0.396 e. The fourth-order valence-corrected chi connectivity index (χ4v) is 3.54. The Morgan fingerprint density at radius 2 is 0.739 bits per heavy atom. The first-order chi connectivity index (χ1) is 11.1. The quantitative estimate of drug-likeness (QED) is 0.228. The van der Waals surface area contributed by atoms with Gasteiger partial charge in [0.25, 0.3) is 0 Å². The van der Waals surface area contributed by atoms with Crippen molar-refractivity contribution in [1.29, 1.82) is 0 Å². The van der Waals surface area contributed by atoms with E-state index in [1.807, 2.05) is 0 Å². The van der Waals surface area contributed by atoms with E-state index in [4.69, 9.17) is 14.9 Å². The molecule has 4 nitrogen and oxygen atoms in total. The van der Waals surface area contributed by atoms with E-state index < -0.39 is 7.60 Å². The third-order valence-corrected chi connectivity index (χ3v) is 5.26. The number of rotatable bonds is 18. The zero-order chi connectivity index (χ0) is 17.2. The van der Waals surface area contributed by atoms with E-state index in [0.29, 0.717) is 13.0 Å². The van der Waals surface area contributed by atoms with Crippen molar-refractivity contribution in [2.45, 2.75) is 103 Å². The van der Waals surface area contributed by atoms with E-state index in [1.54, 1.807) is 0 Å². The molecule has 0 aromatic heterocycles. The van der Waals surface area contributed by atoms with Gasteiger partial charge < -0.3 is 14.9 Å². The molecule has 0 radical (unpaired) electrons. The Kier molecular flexibility index (Phi) is 17.0. The van der Waals surface area contributed by atoms with E-state index >= 15 is 0 Å². The molecule has 0 aliphatic heterocycles. The molecule has 0 fully saturated rings. The first kappa shape index (κ1) is 23.1. The number of hydrogen-bond acceptors (Lipinski definition) is 2. The fourth-order valence-electron chi connectivity index (χ4n) is 2.90. The van der Waals surface area contributed by atoms with E-state index in [-0.39, 0.29) is 6.16 Å². The van der Waals surface area contributed by atoms with Crippen molar-refractivity contribution < 1.29 is 19.5 Å². The van der Waals surface area contributed by atoms with Crippen LogP contribution in [0.15, 0.2) is 0 Å². The fraction of sp³-hybridized carbons (Fsp3) is 1.00. The zero-order valence-corrected chi connectivity index (χ0v) is 15.8. The summed E-state index contributed by atoms with van der Waals surface area (Å²) in [5.41, 5.74) is 0. The Hall–Kier alpha value is 0.110. The van der Waals surface area contributed by atoms with E-state index in [9.17, 15) is 4.57 Å². The van der Waals surface area contributed by atoms with Gasteiger partial charge in [0.2, 0.25) is 0 Å². The molecule has 0 rings (SSSR count). The van der Waals surface area contributed by atoms with Gasteiger partial charge in [-0.3, -0.25) is 4.57 Å². The van der Waals surface area contributed by atoms with E-state index in [2.05, 4.69) is 0 Å². The van der Waals surface area contributed by atoms with Gasteiger partial charge >= 0.3 is 7.60 Å². The number of aliphatic hydroxyl groups excluding tert-OH is 1. The second-order valence-corrected chi connectivity index (χ2v) is 8.55. The van der Waals surface area contributed by atoms with E-state index in [1.165, 1.54) is 77.0 Å². The van der Waals surface area contributed by atoms with Crippen molar-refractivity contribution in [2.75, 3.05) is 12.8 Å². The molecule has 0 aliphatic rings. The standard InChI is InChI=1S/C18H39O4P/c19-17-15-13-11-9-7-5-3-1-2-4-6-8-10-12-14-16-18-23(20,21)22/h19H,1-18H2,(H2,20,21,22). The molecule has 0 saturated carbocycles. The lowest BCUT2D eigenvalue weighted by Crippen LogP contribution is -1.88. The molecule has 0 unspecified atom stereocenters. The maximum absolute atomic E-state index is 10.7. The minimum atomic E-state index is -3.77. The molecule has 0 aromatic carbocycles. The van der Waals surface area contributed by atoms with Gasteiger partial charge in [-0.15, -0.1) is 0 Å². The van der Waals surface area contributed by atoms with Gasteiger partial charge in [0.15, 0.2) is 0 Å². The van der Waals surface area contributed by atoms with Crippen LogP contribution in [0.3, 0.4) is 0 Å². The van der Waals surface area contributed by atoms with Gasteiger partial charge in [-0.2, -0.15) is 0 Å². The molecule has 0 bridgehead atoms. The summed E-state index contributed by atoms with van der Waals surface area (Å²) in [4.78, 5) is 17.5. The highest BCUT2D eigenvalue weighted by molar-refractivity contribution is 7.51. The third kappa shape index (κ3) is 22.1. The molecule has 0 atom stereocenters. The van der Waals surface area contributed by atoms with Crippen LogP contribution in [-0.4, -0.2) is 27.7 Å². The van der Waals surface area contributed by atoms with E-state index in [0.717, 1.165) is 19.3 Å². The van der Waals surface area contributed by atoms with Crippen LogP contribution in [0.2, 0.25) is 0 Å². The van der Waals surface area contributed by atoms with Gasteiger partial charge in [-0.1, -0.05) is 89.9 Å². The summed E-state index contributed by atoms with van der Waals surface area (Å²) in [7, 11) is -3.77. The maximum atomic E-state index is 10.7. The molecular formula is C18H39O4P. The molecule has 0 heterocycles. The molecular weight excluding hydrogens is 311 g/mol. The van der Waals surface area contributed by atoms with Crippen LogP contribution >= 0.6 is 7.60 Å². The summed E-state index contributed by atoms with van der Waals surface area (Å²) in [5, 5.41) is 8.68. The normalized spacial score (nSPS) is 12.0. The van der Waals surface area contributed by atoms with Crippen LogP contribution in [0, 0.1) is 0 Å². The predicted octanol–water partition coefficient (Wildman–Crippen LogP) is 5.40. The Labute approximate surface area is 143 Å². The number of aliphatic hydroxyl groups is 1. The molecule has 3 N–H and O–H groups in total. The second kappa shape index (κ2) is 17.0. The smallest absolute Gasteiger partial charge is 0.325 e. The van der Waals surface area contributed by atoms with Crippen LogP contribution in [0.5, 0.6) is 0 Å². The molecule has 140 valence electrons. The zero-order valence-electron chi connectivity index (χ0n) is 14.9. The van der Waals surface area contributed by atoms with Gasteiger partial charge in [0.05, 0.1) is 0 Å². The van der Waals surface area contributed by atoms with Crippen LogP contribution < -0.4 is 0 Å². The summed E-state index contributed by atoms with van der Waals surface area (Å²) in [6.45, 7) is 0.341. The lowest BCUT2D eigenvalue weighted by Gasteiger charge is -2.04. The lowest BCUT2D eigenvalue weighted by molar-refractivity contribution is 0.282. The number of hydrogen-bond donors (Lipinski definition) is 3. The average Bonchev–Trinajstić information content (AvgIpc) is 2.49. The third-order valence-electron chi connectivity index (χ3n) is 4.36. The molecule has 0 aromatic rings. The summed E-state index contributed by atoms with van der Waals surface area (Å²) in [6, 6.07) is 0. The van der Waals surface area contributed by atoms with Crippen molar-refractivity contribution in [3.05, 3.63) is 0 Å². The van der Waals surface area contributed by atoms with Crippen LogP contribution in [0.4, 0.5) is 0 Å². The highest BCUT2D eigenvalue weighted by Gasteiger charge is 2.10. The Morgan fingerprint density at radius 3 is 1.00 bits per heavy atom. The predicted molar refractivity (Wildman–Crippen MR) is 97.9 cm³/mol. The topological polar surface area (TPSA) is 77.8 Å². The Morgan fingerprint density at radius 1 is 0.478 bits per heavy atom. The van der Waals surface area contributed by atoms with Gasteiger partial charge in [-0.05, 0) is 12.8 Å². The Bertz CT molecular complexity index is 278. The summed E-state index contributed by atoms with van der Waals surface area (Å²) >= 11 is 0. The molecule has 0 aliphatic carbocycles. The van der Waals surface area contributed by atoms with Crippen molar-refractivity contribution >= 4 is 7.60 Å². The van der Waals surface area contributed by atoms with Gasteiger partial charge in [0.1, 0.15) is 0 Å². The van der Waals surface area contributed by atoms with Crippen molar-refractivity contribution in [3.8, 4) is 0 Å². The highest BCUT2D eigenvalue weighted by atomic mass is 31.2. The van der Waals surface area contributed by atoms with Crippen LogP contribution in [-0.2, 0) is 4.57 Å². The summed E-state index contributed by atoms with van der Waals surface area (Å²) in [5.74, 6) is 0. The van der Waals surface area contributed by atoms with Gasteiger partial charge in [-0.25, -0.2) is 0 Å². The summed E-state index contributed by atoms with van der Waals surface area (Å²) in [6.07, 6.45) is 19.4. The number of unbranched alkanes of at least 4 members (excludes halogenated alkanes) is 15. The monoisotopic (exact) mass is 350 g/mol. The molecule has 0 saturated heterocycles. The molecule has 0 spiro atoms. The van der Waals surface area contributed by atoms with Gasteiger partial charge in [0, 0.05) is 12.8 Å². The Balaban J connectivity index is 3.01.